The number of benzene rings is 2. The number of carbonyl (C=O) groups is 1. The van der Waals surface area contributed by atoms with Gasteiger partial charge in [0.2, 0.25) is 0 Å². The fraction of sp³-hybridized carbons (Fsp3) is 0.125. The van der Waals surface area contributed by atoms with Gasteiger partial charge in [-0.15, -0.1) is 0 Å². The Morgan fingerprint density at radius 3 is 2.62 bits per heavy atom. The van der Waals surface area contributed by atoms with Gasteiger partial charge in [-0.3, -0.25) is 0 Å². The summed E-state index contributed by atoms with van der Waals surface area (Å²) in [5, 5.41) is 8.45. The summed E-state index contributed by atoms with van der Waals surface area (Å²) >= 11 is 3.44. The first-order valence-electron chi connectivity index (χ1n) is 6.21. The lowest BCUT2D eigenvalue weighted by Crippen LogP contribution is -2.08. The first-order valence-corrected chi connectivity index (χ1v) is 7.01. The van der Waals surface area contributed by atoms with E-state index in [2.05, 4.69) is 15.9 Å². The van der Waals surface area contributed by atoms with E-state index in [1.807, 2.05) is 24.3 Å². The Kier molecular flexibility index (Phi) is 5.35. The molecule has 0 aliphatic heterocycles. The van der Waals surface area contributed by atoms with Crippen LogP contribution in [0.25, 0.3) is 0 Å². The summed E-state index contributed by atoms with van der Waals surface area (Å²) in [7, 11) is 0. The van der Waals surface area contributed by atoms with Gasteiger partial charge in [-0.1, -0.05) is 46.3 Å². The number of nitrogens with zero attached hydrogens (tertiary/aromatic N) is 1. The number of esters is 1. The molecule has 21 heavy (non-hydrogen) atoms. The van der Waals surface area contributed by atoms with Crippen LogP contribution in [0.15, 0.2) is 53.0 Å². The maximum Gasteiger partial charge on any atom is 0.342 e. The van der Waals surface area contributed by atoms with Crippen LogP contribution < -0.4 is 4.74 Å². The fourth-order valence-corrected chi connectivity index (χ4v) is 2.11. The summed E-state index contributed by atoms with van der Waals surface area (Å²) in [4.78, 5) is 11.8. The highest BCUT2D eigenvalue weighted by Gasteiger charge is 2.13. The molecule has 0 radical (unpaired) electrons. The normalized spacial score (nSPS) is 9.71. The number of rotatable bonds is 5. The predicted molar refractivity (Wildman–Crippen MR) is 80.8 cm³/mol. The molecule has 0 amide bonds. The van der Waals surface area contributed by atoms with Crippen LogP contribution in [-0.2, 0) is 11.3 Å². The van der Waals surface area contributed by atoms with Crippen LogP contribution in [0.1, 0.15) is 15.9 Å². The summed E-state index contributed by atoms with van der Waals surface area (Å²) < 4.78 is 11.4. The molecule has 0 aliphatic rings. The zero-order valence-electron chi connectivity index (χ0n) is 11.1. The Hall–Kier alpha value is -2.32. The Morgan fingerprint density at radius 2 is 1.86 bits per heavy atom. The van der Waals surface area contributed by atoms with Crippen LogP contribution in [0.2, 0.25) is 0 Å². The first-order chi connectivity index (χ1) is 10.2. The molecule has 0 aromatic heterocycles. The number of nitriles is 1. The van der Waals surface area contributed by atoms with Crippen molar-refractivity contribution in [3.8, 4) is 11.8 Å². The lowest BCUT2D eigenvalue weighted by Gasteiger charge is -2.11. The van der Waals surface area contributed by atoms with Crippen LogP contribution >= 0.6 is 15.9 Å². The minimum Gasteiger partial charge on any atom is -0.488 e. The summed E-state index contributed by atoms with van der Waals surface area (Å²) in [5.41, 5.74) is 1.28. The Balaban J connectivity index is 2.12. The lowest BCUT2D eigenvalue weighted by molar-refractivity contribution is 0.0550. The van der Waals surface area contributed by atoms with Crippen molar-refractivity contribution < 1.29 is 14.3 Å². The second kappa shape index (κ2) is 7.46. The molecule has 0 spiro atoms. The van der Waals surface area contributed by atoms with E-state index in [1.54, 1.807) is 30.3 Å². The van der Waals surface area contributed by atoms with E-state index in [1.165, 1.54) is 0 Å². The minimum atomic E-state index is -0.570. The predicted octanol–water partition coefficient (Wildman–Crippen LogP) is 3.71. The molecule has 0 aliphatic carbocycles. The van der Waals surface area contributed by atoms with Crippen LogP contribution in [0.3, 0.4) is 0 Å². The van der Waals surface area contributed by atoms with Gasteiger partial charge in [0.05, 0.1) is 0 Å². The van der Waals surface area contributed by atoms with Gasteiger partial charge in [0, 0.05) is 10.0 Å². The molecular formula is C16H12BrNO3. The lowest BCUT2D eigenvalue weighted by atomic mass is 10.2. The average molecular weight is 346 g/mol. The van der Waals surface area contributed by atoms with Crippen LogP contribution in [-0.4, -0.2) is 12.6 Å². The van der Waals surface area contributed by atoms with Crippen molar-refractivity contribution in [1.82, 2.24) is 0 Å². The molecule has 0 atom stereocenters. The third-order valence-electron chi connectivity index (χ3n) is 2.72. The van der Waals surface area contributed by atoms with Gasteiger partial charge < -0.3 is 9.47 Å². The molecule has 0 N–H and O–H groups in total. The van der Waals surface area contributed by atoms with Crippen molar-refractivity contribution in [1.29, 1.82) is 5.26 Å². The quantitative estimate of drug-likeness (QED) is 0.775. The van der Waals surface area contributed by atoms with Crippen LogP contribution in [0.5, 0.6) is 5.75 Å². The standard InChI is InChI=1S/C16H12BrNO3/c17-14-7-3-1-5-12(14)11-21-15-8-4-2-6-13(15)16(19)20-10-9-18/h1-8H,10-11H2. The van der Waals surface area contributed by atoms with Crippen molar-refractivity contribution in [3.63, 3.8) is 0 Å². The largest absolute Gasteiger partial charge is 0.488 e. The maximum atomic E-state index is 11.8. The zero-order valence-corrected chi connectivity index (χ0v) is 12.7. The molecule has 2 aromatic carbocycles. The first kappa shape index (κ1) is 15.1. The molecule has 5 heteroatoms. The summed E-state index contributed by atoms with van der Waals surface area (Å²) in [6.07, 6.45) is 0. The number of hydrogen-bond donors (Lipinski definition) is 0. The molecule has 4 nitrogen and oxygen atoms in total. The van der Waals surface area contributed by atoms with Gasteiger partial charge in [-0.05, 0) is 18.2 Å². The number of ether oxygens (including phenoxy) is 2. The van der Waals surface area contributed by atoms with Crippen molar-refractivity contribution in [2.45, 2.75) is 6.61 Å². The molecule has 0 saturated heterocycles. The van der Waals surface area contributed by atoms with Crippen LogP contribution in [0.4, 0.5) is 0 Å². The molecule has 0 bridgehead atoms. The maximum absolute atomic E-state index is 11.8. The molecule has 0 fully saturated rings. The average Bonchev–Trinajstić information content (AvgIpc) is 2.52. The fourth-order valence-electron chi connectivity index (χ4n) is 1.71. The zero-order chi connectivity index (χ0) is 15.1. The van der Waals surface area contributed by atoms with Gasteiger partial charge in [0.1, 0.15) is 24.0 Å². The van der Waals surface area contributed by atoms with E-state index in [4.69, 9.17) is 14.7 Å². The third-order valence-corrected chi connectivity index (χ3v) is 3.49. The van der Waals surface area contributed by atoms with E-state index in [-0.39, 0.29) is 6.61 Å². The minimum absolute atomic E-state index is 0.280. The smallest absolute Gasteiger partial charge is 0.342 e. The van der Waals surface area contributed by atoms with E-state index in [0.29, 0.717) is 17.9 Å². The summed E-state index contributed by atoms with van der Waals surface area (Å²) in [6, 6.07) is 16.2. The summed E-state index contributed by atoms with van der Waals surface area (Å²) in [6.45, 7) is 0.0430. The van der Waals surface area contributed by atoms with Crippen molar-refractivity contribution in [2.24, 2.45) is 0 Å². The van der Waals surface area contributed by atoms with E-state index >= 15 is 0 Å². The second-order valence-electron chi connectivity index (χ2n) is 4.11. The molecule has 0 saturated carbocycles. The van der Waals surface area contributed by atoms with Gasteiger partial charge in [0.25, 0.3) is 0 Å². The summed E-state index contributed by atoms with van der Waals surface area (Å²) in [5.74, 6) is -0.143. The number of halogens is 1. The molecule has 0 unspecified atom stereocenters. The number of hydrogen-bond acceptors (Lipinski definition) is 4. The van der Waals surface area contributed by atoms with Gasteiger partial charge in [0.15, 0.2) is 6.61 Å². The Morgan fingerprint density at radius 1 is 1.14 bits per heavy atom. The SMILES string of the molecule is N#CCOC(=O)c1ccccc1OCc1ccccc1Br. The van der Waals surface area contributed by atoms with E-state index < -0.39 is 5.97 Å². The number of para-hydroxylation sites is 1. The Bertz CT molecular complexity index is 679. The van der Waals surface area contributed by atoms with E-state index in [9.17, 15) is 4.79 Å². The van der Waals surface area contributed by atoms with Crippen molar-refractivity contribution in [2.75, 3.05) is 6.61 Å². The highest BCUT2D eigenvalue weighted by atomic mass is 79.9. The molecular weight excluding hydrogens is 334 g/mol. The number of carbonyl (C=O) groups excluding carboxylic acids is 1. The highest BCUT2D eigenvalue weighted by molar-refractivity contribution is 9.10. The monoisotopic (exact) mass is 345 g/mol. The second-order valence-corrected chi connectivity index (χ2v) is 4.96. The molecule has 106 valence electrons. The van der Waals surface area contributed by atoms with Gasteiger partial charge in [-0.2, -0.15) is 5.26 Å². The Labute approximate surface area is 131 Å². The van der Waals surface area contributed by atoms with Crippen molar-refractivity contribution >= 4 is 21.9 Å². The third kappa shape index (κ3) is 4.07. The van der Waals surface area contributed by atoms with Gasteiger partial charge in [-0.25, -0.2) is 4.79 Å². The van der Waals surface area contributed by atoms with E-state index in [0.717, 1.165) is 10.0 Å². The molecule has 2 aromatic rings. The van der Waals surface area contributed by atoms with Gasteiger partial charge >= 0.3 is 5.97 Å². The highest BCUT2D eigenvalue weighted by Crippen LogP contribution is 2.22. The molecule has 0 heterocycles. The topological polar surface area (TPSA) is 59.3 Å². The molecule has 2 rings (SSSR count). The van der Waals surface area contributed by atoms with Crippen LogP contribution in [0, 0.1) is 11.3 Å². The van der Waals surface area contributed by atoms with Crippen molar-refractivity contribution in [3.05, 3.63) is 64.1 Å².